The molecule has 5 nitrogen and oxygen atoms in total. The summed E-state index contributed by atoms with van der Waals surface area (Å²) in [7, 11) is 0. The van der Waals surface area contributed by atoms with E-state index in [2.05, 4.69) is 10.6 Å². The Kier molecular flexibility index (Phi) is 6.45. The van der Waals surface area contributed by atoms with Crippen molar-refractivity contribution < 1.29 is 23.1 Å². The molecule has 2 aromatic carbocycles. The zero-order valence-electron chi connectivity index (χ0n) is 13.6. The highest BCUT2D eigenvalue weighted by Crippen LogP contribution is 2.15. The Morgan fingerprint density at radius 2 is 1.80 bits per heavy atom. The Bertz CT molecular complexity index is 748. The quantitative estimate of drug-likeness (QED) is 0.751. The molecule has 0 unspecified atom stereocenters. The van der Waals surface area contributed by atoms with Gasteiger partial charge in [0, 0.05) is 24.7 Å². The van der Waals surface area contributed by atoms with Gasteiger partial charge in [0.1, 0.15) is 11.6 Å². The fourth-order valence-electron chi connectivity index (χ4n) is 2.06. The maximum atomic E-state index is 13.4. The lowest BCUT2D eigenvalue weighted by atomic mass is 10.2. The molecule has 2 rings (SSSR count). The Morgan fingerprint density at radius 3 is 2.44 bits per heavy atom. The van der Waals surface area contributed by atoms with Crippen LogP contribution in [0.4, 0.5) is 20.2 Å². The second-order valence-corrected chi connectivity index (χ2v) is 5.15. The van der Waals surface area contributed by atoms with E-state index >= 15 is 0 Å². The number of carbonyl (C=O) groups is 2. The van der Waals surface area contributed by atoms with Crippen molar-refractivity contribution in [2.45, 2.75) is 13.3 Å². The molecule has 0 fully saturated rings. The predicted octanol–water partition coefficient (Wildman–Crippen LogP) is 3.58. The second kappa shape index (κ2) is 8.77. The summed E-state index contributed by atoms with van der Waals surface area (Å²) in [5.74, 6) is -2.32. The highest BCUT2D eigenvalue weighted by Gasteiger charge is 2.08. The van der Waals surface area contributed by atoms with Crippen LogP contribution < -0.4 is 10.6 Å². The molecule has 0 aliphatic rings. The predicted molar refractivity (Wildman–Crippen MR) is 90.5 cm³/mol. The first-order valence-electron chi connectivity index (χ1n) is 7.75. The fourth-order valence-corrected chi connectivity index (χ4v) is 2.06. The first-order chi connectivity index (χ1) is 12.0. The van der Waals surface area contributed by atoms with E-state index in [4.69, 9.17) is 4.74 Å². The van der Waals surface area contributed by atoms with Gasteiger partial charge in [0.05, 0.1) is 17.9 Å². The average molecular weight is 348 g/mol. The van der Waals surface area contributed by atoms with Crippen LogP contribution in [0.2, 0.25) is 0 Å². The molecule has 1 amide bonds. The van der Waals surface area contributed by atoms with Crippen molar-refractivity contribution in [2.75, 3.05) is 23.8 Å². The van der Waals surface area contributed by atoms with Gasteiger partial charge in [-0.1, -0.05) is 0 Å². The molecule has 0 saturated carbocycles. The molecule has 0 aromatic heterocycles. The first kappa shape index (κ1) is 18.4. The third-order valence-electron chi connectivity index (χ3n) is 3.28. The lowest BCUT2D eigenvalue weighted by molar-refractivity contribution is -0.116. The van der Waals surface area contributed by atoms with Gasteiger partial charge in [-0.15, -0.1) is 0 Å². The number of carbonyl (C=O) groups excluding carboxylic acids is 2. The summed E-state index contributed by atoms with van der Waals surface area (Å²) in [4.78, 5) is 23.3. The lowest BCUT2D eigenvalue weighted by Crippen LogP contribution is -2.17. The number of benzene rings is 2. The van der Waals surface area contributed by atoms with E-state index in [1.165, 1.54) is 6.07 Å². The monoisotopic (exact) mass is 348 g/mol. The fraction of sp³-hybridized carbons (Fsp3) is 0.222. The van der Waals surface area contributed by atoms with Gasteiger partial charge >= 0.3 is 5.97 Å². The van der Waals surface area contributed by atoms with Crippen molar-refractivity contribution in [1.82, 2.24) is 0 Å². The van der Waals surface area contributed by atoms with Gasteiger partial charge in [0.15, 0.2) is 0 Å². The molecule has 0 aliphatic carbocycles. The molecule has 2 N–H and O–H groups in total. The summed E-state index contributed by atoms with van der Waals surface area (Å²) in [5, 5.41) is 5.40. The number of hydrogen-bond donors (Lipinski definition) is 2. The second-order valence-electron chi connectivity index (χ2n) is 5.15. The minimum Gasteiger partial charge on any atom is -0.462 e. The number of rotatable bonds is 7. The van der Waals surface area contributed by atoms with Crippen LogP contribution in [0.5, 0.6) is 0 Å². The zero-order chi connectivity index (χ0) is 18.2. The number of hydrogen-bond acceptors (Lipinski definition) is 4. The van der Waals surface area contributed by atoms with Gasteiger partial charge in [-0.25, -0.2) is 13.6 Å². The molecular weight excluding hydrogens is 330 g/mol. The van der Waals surface area contributed by atoms with Crippen molar-refractivity contribution in [1.29, 1.82) is 0 Å². The molecule has 0 atom stereocenters. The highest BCUT2D eigenvalue weighted by atomic mass is 19.1. The van der Waals surface area contributed by atoms with Gasteiger partial charge in [-0.3, -0.25) is 4.79 Å². The van der Waals surface area contributed by atoms with Gasteiger partial charge in [0.25, 0.3) is 0 Å². The Hall–Kier alpha value is -2.96. The molecule has 0 spiro atoms. The molecule has 0 saturated heterocycles. The van der Waals surface area contributed by atoms with E-state index < -0.39 is 23.5 Å². The smallest absolute Gasteiger partial charge is 0.338 e. The van der Waals surface area contributed by atoms with Crippen molar-refractivity contribution in [3.8, 4) is 0 Å². The molecule has 2 aromatic rings. The molecule has 0 heterocycles. The summed E-state index contributed by atoms with van der Waals surface area (Å²) in [6.45, 7) is 2.35. The maximum Gasteiger partial charge on any atom is 0.338 e. The first-order valence-corrected chi connectivity index (χ1v) is 7.75. The van der Waals surface area contributed by atoms with E-state index in [0.717, 1.165) is 11.8 Å². The molecule has 132 valence electrons. The van der Waals surface area contributed by atoms with E-state index in [1.54, 1.807) is 31.2 Å². The number of nitrogens with one attached hydrogen (secondary N) is 2. The van der Waals surface area contributed by atoms with Gasteiger partial charge in [-0.05, 0) is 43.3 Å². The summed E-state index contributed by atoms with van der Waals surface area (Å²) in [6.07, 6.45) is 0.0937. The van der Waals surface area contributed by atoms with Crippen molar-refractivity contribution in [2.24, 2.45) is 0 Å². The Labute approximate surface area is 144 Å². The Morgan fingerprint density at radius 1 is 1.08 bits per heavy atom. The van der Waals surface area contributed by atoms with Crippen LogP contribution >= 0.6 is 0 Å². The molecule has 0 radical (unpaired) electrons. The standard InChI is InChI=1S/C18H18F2N2O3/c1-2-25-18(24)12-3-6-14(7-4-12)21-10-9-17(23)22-16-8-5-13(19)11-15(16)20/h3-8,11,21H,2,9-10H2,1H3,(H,22,23). The summed E-state index contributed by atoms with van der Waals surface area (Å²) >= 11 is 0. The van der Waals surface area contributed by atoms with Crippen LogP contribution in [0.1, 0.15) is 23.7 Å². The average Bonchev–Trinajstić information content (AvgIpc) is 2.58. The van der Waals surface area contributed by atoms with E-state index in [-0.39, 0.29) is 12.1 Å². The number of amides is 1. The van der Waals surface area contributed by atoms with Crippen molar-refractivity contribution in [3.05, 3.63) is 59.7 Å². The third-order valence-corrected chi connectivity index (χ3v) is 3.28. The van der Waals surface area contributed by atoms with Crippen LogP contribution in [0.3, 0.4) is 0 Å². The van der Waals surface area contributed by atoms with Crippen molar-refractivity contribution >= 4 is 23.3 Å². The van der Waals surface area contributed by atoms with E-state index in [0.29, 0.717) is 24.8 Å². The number of anilines is 2. The SMILES string of the molecule is CCOC(=O)c1ccc(NCCC(=O)Nc2ccc(F)cc2F)cc1. The van der Waals surface area contributed by atoms with Crippen LogP contribution in [0, 0.1) is 11.6 Å². The van der Waals surface area contributed by atoms with Gasteiger partial charge in [-0.2, -0.15) is 0 Å². The number of halogens is 2. The van der Waals surface area contributed by atoms with Crippen LogP contribution in [0.15, 0.2) is 42.5 Å². The number of ether oxygens (including phenoxy) is 1. The summed E-state index contributed by atoms with van der Waals surface area (Å²) in [5.41, 5.74) is 1.11. The lowest BCUT2D eigenvalue weighted by Gasteiger charge is -2.09. The van der Waals surface area contributed by atoms with Crippen molar-refractivity contribution in [3.63, 3.8) is 0 Å². The van der Waals surface area contributed by atoms with Crippen LogP contribution in [-0.4, -0.2) is 25.0 Å². The molecule has 0 bridgehead atoms. The number of esters is 1. The normalized spacial score (nSPS) is 10.2. The maximum absolute atomic E-state index is 13.4. The molecular formula is C18H18F2N2O3. The van der Waals surface area contributed by atoms with Crippen LogP contribution in [0.25, 0.3) is 0 Å². The van der Waals surface area contributed by atoms with E-state index in [9.17, 15) is 18.4 Å². The van der Waals surface area contributed by atoms with Gasteiger partial charge in [0.2, 0.25) is 5.91 Å². The topological polar surface area (TPSA) is 67.4 Å². The largest absolute Gasteiger partial charge is 0.462 e. The Balaban J connectivity index is 1.80. The highest BCUT2D eigenvalue weighted by molar-refractivity contribution is 5.91. The minimum absolute atomic E-state index is 0.0646. The van der Waals surface area contributed by atoms with E-state index in [1.807, 2.05) is 0 Å². The summed E-state index contributed by atoms with van der Waals surface area (Å²) in [6, 6.07) is 9.58. The third kappa shape index (κ3) is 5.56. The zero-order valence-corrected chi connectivity index (χ0v) is 13.6. The molecule has 7 heteroatoms. The molecule has 25 heavy (non-hydrogen) atoms. The van der Waals surface area contributed by atoms with Gasteiger partial charge < -0.3 is 15.4 Å². The van der Waals surface area contributed by atoms with Crippen LogP contribution in [-0.2, 0) is 9.53 Å². The molecule has 0 aliphatic heterocycles. The minimum atomic E-state index is -0.823. The summed E-state index contributed by atoms with van der Waals surface area (Å²) < 4.78 is 31.1.